The van der Waals surface area contributed by atoms with Crippen molar-refractivity contribution in [3.05, 3.63) is 12.2 Å². The molecule has 0 amide bonds. The lowest BCUT2D eigenvalue weighted by Crippen LogP contribution is -2.41. The van der Waals surface area contributed by atoms with Crippen LogP contribution in [-0.2, 0) is 13.0 Å². The standard InChI is InChI=1S/C16H31N7.HI/c1-4-8-22-9-6-14(12-22)11-19-16(17-3)18-7-10-23-13-20-21-15(23)5-2;/h13-14H,4-12H2,1-3H3,(H2,17,18,19);1H. The molecular weight excluding hydrogens is 417 g/mol. The Morgan fingerprint density at radius 3 is 2.88 bits per heavy atom. The zero-order valence-corrected chi connectivity index (χ0v) is 17.5. The number of aryl methyl sites for hydroxylation is 1. The summed E-state index contributed by atoms with van der Waals surface area (Å²) in [6.45, 7) is 10.7. The Morgan fingerprint density at radius 2 is 2.17 bits per heavy atom. The van der Waals surface area contributed by atoms with Gasteiger partial charge in [-0.1, -0.05) is 13.8 Å². The molecule has 1 saturated heterocycles. The molecule has 1 aromatic rings. The van der Waals surface area contributed by atoms with E-state index in [0.717, 1.165) is 43.8 Å². The van der Waals surface area contributed by atoms with Gasteiger partial charge < -0.3 is 20.1 Å². The fourth-order valence-corrected chi connectivity index (χ4v) is 3.09. The molecule has 138 valence electrons. The van der Waals surface area contributed by atoms with Crippen molar-refractivity contribution in [2.45, 2.75) is 39.7 Å². The van der Waals surface area contributed by atoms with E-state index in [9.17, 15) is 0 Å². The van der Waals surface area contributed by atoms with E-state index in [0.29, 0.717) is 0 Å². The smallest absolute Gasteiger partial charge is 0.191 e. The van der Waals surface area contributed by atoms with Crippen molar-refractivity contribution >= 4 is 29.9 Å². The fourth-order valence-electron chi connectivity index (χ4n) is 3.09. The second-order valence-electron chi connectivity index (χ2n) is 6.13. The van der Waals surface area contributed by atoms with Gasteiger partial charge >= 0.3 is 0 Å². The first-order valence-corrected chi connectivity index (χ1v) is 8.80. The Hall–Kier alpha value is -0.900. The highest BCUT2D eigenvalue weighted by Crippen LogP contribution is 2.15. The van der Waals surface area contributed by atoms with Gasteiger partial charge in [0.15, 0.2) is 5.96 Å². The number of aromatic nitrogens is 3. The van der Waals surface area contributed by atoms with Gasteiger partial charge in [0.05, 0.1) is 0 Å². The third kappa shape index (κ3) is 6.54. The molecule has 2 N–H and O–H groups in total. The van der Waals surface area contributed by atoms with Gasteiger partial charge in [0.25, 0.3) is 0 Å². The summed E-state index contributed by atoms with van der Waals surface area (Å²) in [5, 5.41) is 14.9. The highest BCUT2D eigenvalue weighted by Gasteiger charge is 2.21. The molecule has 1 unspecified atom stereocenters. The Balaban J connectivity index is 0.00000288. The zero-order chi connectivity index (χ0) is 16.5. The summed E-state index contributed by atoms with van der Waals surface area (Å²) < 4.78 is 2.08. The number of hydrogen-bond acceptors (Lipinski definition) is 4. The molecule has 0 radical (unpaired) electrons. The first kappa shape index (κ1) is 21.1. The third-order valence-electron chi connectivity index (χ3n) is 4.35. The van der Waals surface area contributed by atoms with E-state index >= 15 is 0 Å². The molecule has 1 atom stereocenters. The maximum absolute atomic E-state index is 4.31. The fraction of sp³-hybridized carbons (Fsp3) is 0.812. The van der Waals surface area contributed by atoms with Gasteiger partial charge in [-0.3, -0.25) is 4.99 Å². The summed E-state index contributed by atoms with van der Waals surface area (Å²) in [7, 11) is 1.82. The molecule has 1 aliphatic rings. The van der Waals surface area contributed by atoms with Crippen LogP contribution in [0.3, 0.4) is 0 Å². The van der Waals surface area contributed by atoms with Crippen LogP contribution in [0.4, 0.5) is 0 Å². The minimum atomic E-state index is 0. The number of nitrogens with zero attached hydrogens (tertiary/aromatic N) is 5. The summed E-state index contributed by atoms with van der Waals surface area (Å²) in [5.41, 5.74) is 0. The van der Waals surface area contributed by atoms with E-state index < -0.39 is 0 Å². The Labute approximate surface area is 162 Å². The third-order valence-corrected chi connectivity index (χ3v) is 4.35. The van der Waals surface area contributed by atoms with Gasteiger partial charge in [-0.25, -0.2) is 0 Å². The van der Waals surface area contributed by atoms with Crippen LogP contribution in [0.5, 0.6) is 0 Å². The Bertz CT molecular complexity index is 489. The molecule has 2 heterocycles. The van der Waals surface area contributed by atoms with E-state index in [1.54, 1.807) is 6.33 Å². The molecule has 1 fully saturated rings. The maximum atomic E-state index is 4.31. The van der Waals surface area contributed by atoms with Crippen LogP contribution in [0.2, 0.25) is 0 Å². The molecule has 1 aromatic heterocycles. The second kappa shape index (κ2) is 11.6. The summed E-state index contributed by atoms with van der Waals surface area (Å²) in [6, 6.07) is 0. The molecule has 2 rings (SSSR count). The molecule has 0 bridgehead atoms. The molecule has 1 aliphatic heterocycles. The van der Waals surface area contributed by atoms with Crippen molar-refractivity contribution < 1.29 is 0 Å². The van der Waals surface area contributed by atoms with Crippen molar-refractivity contribution in [2.24, 2.45) is 10.9 Å². The lowest BCUT2D eigenvalue weighted by atomic mass is 10.1. The minimum absolute atomic E-state index is 0. The SMILES string of the molecule is CCCN1CCC(CNC(=NC)NCCn2cnnc2CC)C1.I. The predicted octanol–water partition coefficient (Wildman–Crippen LogP) is 1.36. The van der Waals surface area contributed by atoms with Gasteiger partial charge in [0, 0.05) is 39.6 Å². The molecule has 24 heavy (non-hydrogen) atoms. The lowest BCUT2D eigenvalue weighted by Gasteiger charge is -2.17. The summed E-state index contributed by atoms with van der Waals surface area (Å²) in [5.74, 6) is 2.63. The quantitative estimate of drug-likeness (QED) is 0.356. The molecule has 0 aliphatic carbocycles. The van der Waals surface area contributed by atoms with Gasteiger partial charge in [-0.05, 0) is 31.8 Å². The molecule has 0 aromatic carbocycles. The summed E-state index contributed by atoms with van der Waals surface area (Å²) >= 11 is 0. The number of aliphatic imine (C=N–C) groups is 1. The largest absolute Gasteiger partial charge is 0.356 e. The molecule has 8 heteroatoms. The number of hydrogen-bond donors (Lipinski definition) is 2. The number of rotatable bonds is 8. The first-order valence-electron chi connectivity index (χ1n) is 8.80. The van der Waals surface area contributed by atoms with Crippen molar-refractivity contribution in [1.29, 1.82) is 0 Å². The van der Waals surface area contributed by atoms with Crippen LogP contribution in [0, 0.1) is 5.92 Å². The van der Waals surface area contributed by atoms with E-state index in [2.05, 4.69) is 49.1 Å². The van der Waals surface area contributed by atoms with Crippen LogP contribution in [0.1, 0.15) is 32.5 Å². The summed E-state index contributed by atoms with van der Waals surface area (Å²) in [6.07, 6.45) is 5.22. The number of halogens is 1. The topological polar surface area (TPSA) is 70.4 Å². The average Bonchev–Trinajstić information content (AvgIpc) is 3.20. The van der Waals surface area contributed by atoms with Crippen molar-refractivity contribution in [3.63, 3.8) is 0 Å². The number of guanidine groups is 1. The molecule has 0 spiro atoms. The van der Waals surface area contributed by atoms with Crippen molar-refractivity contribution in [3.8, 4) is 0 Å². The lowest BCUT2D eigenvalue weighted by molar-refractivity contribution is 0.324. The Kier molecular flexibility index (Phi) is 10.2. The highest BCUT2D eigenvalue weighted by atomic mass is 127. The molecule has 0 saturated carbocycles. The number of likely N-dealkylation sites (tertiary alicyclic amines) is 1. The van der Waals surface area contributed by atoms with Crippen molar-refractivity contribution in [1.82, 2.24) is 30.3 Å². The maximum Gasteiger partial charge on any atom is 0.191 e. The van der Waals surface area contributed by atoms with Gasteiger partial charge in [-0.15, -0.1) is 34.2 Å². The van der Waals surface area contributed by atoms with Gasteiger partial charge in [-0.2, -0.15) is 0 Å². The van der Waals surface area contributed by atoms with Crippen LogP contribution in [-0.4, -0.2) is 65.4 Å². The van der Waals surface area contributed by atoms with Crippen LogP contribution >= 0.6 is 24.0 Å². The minimum Gasteiger partial charge on any atom is -0.356 e. The second-order valence-corrected chi connectivity index (χ2v) is 6.13. The van der Waals surface area contributed by atoms with Gasteiger partial charge in [0.1, 0.15) is 12.2 Å². The van der Waals surface area contributed by atoms with E-state index in [-0.39, 0.29) is 24.0 Å². The molecule has 7 nitrogen and oxygen atoms in total. The van der Waals surface area contributed by atoms with Crippen LogP contribution < -0.4 is 10.6 Å². The number of nitrogens with one attached hydrogen (secondary N) is 2. The summed E-state index contributed by atoms with van der Waals surface area (Å²) in [4.78, 5) is 6.86. The van der Waals surface area contributed by atoms with E-state index in [4.69, 9.17) is 0 Å². The first-order chi connectivity index (χ1) is 11.3. The van der Waals surface area contributed by atoms with E-state index in [1.807, 2.05) is 7.05 Å². The predicted molar refractivity (Wildman–Crippen MR) is 109 cm³/mol. The highest BCUT2D eigenvalue weighted by molar-refractivity contribution is 14.0. The van der Waals surface area contributed by atoms with Crippen LogP contribution in [0.15, 0.2) is 11.3 Å². The monoisotopic (exact) mass is 449 g/mol. The zero-order valence-electron chi connectivity index (χ0n) is 15.2. The van der Waals surface area contributed by atoms with Gasteiger partial charge in [0.2, 0.25) is 0 Å². The Morgan fingerprint density at radius 1 is 1.33 bits per heavy atom. The normalized spacial score (nSPS) is 18.5. The molecular formula is C16H32IN7. The average molecular weight is 449 g/mol. The van der Waals surface area contributed by atoms with E-state index in [1.165, 1.54) is 32.5 Å². The van der Waals surface area contributed by atoms with Crippen LogP contribution in [0.25, 0.3) is 0 Å². The van der Waals surface area contributed by atoms with Crippen molar-refractivity contribution in [2.75, 3.05) is 39.8 Å².